The number of rotatable bonds is 31. The van der Waals surface area contributed by atoms with E-state index in [2.05, 4.69) is 35.7 Å². The molecule has 0 aromatic rings. The molecule has 0 unspecified atom stereocenters. The monoisotopic (exact) mass is 577 g/mol. The summed E-state index contributed by atoms with van der Waals surface area (Å²) in [5.41, 5.74) is 0. The van der Waals surface area contributed by atoms with Crippen molar-refractivity contribution in [1.82, 2.24) is 10.2 Å². The molecule has 1 N–H and O–H groups in total. The van der Waals surface area contributed by atoms with Gasteiger partial charge in [-0.3, -0.25) is 14.3 Å². The molecule has 0 fully saturated rings. The summed E-state index contributed by atoms with van der Waals surface area (Å²) in [6.45, 7) is 8.56. The first kappa shape index (κ1) is 38.0. The van der Waals surface area contributed by atoms with Gasteiger partial charge in [0.05, 0.1) is 13.6 Å². The summed E-state index contributed by atoms with van der Waals surface area (Å²) < 4.78 is 2.44. The van der Waals surface area contributed by atoms with Crippen molar-refractivity contribution < 1.29 is 9.37 Å². The average Bonchev–Trinajstić information content (AvgIpc) is 3.32. The van der Waals surface area contributed by atoms with E-state index in [1.54, 1.807) is 0 Å². The van der Waals surface area contributed by atoms with Crippen LogP contribution in [0.2, 0.25) is 0 Å². The SMILES string of the molecule is CCCCCCCCCCCCCCCC(=O)NCCN1CC[N+](C)=C1CCCCCCCCCCCCCCC. The van der Waals surface area contributed by atoms with Crippen LogP contribution < -0.4 is 5.32 Å². The molecule has 0 aromatic carbocycles. The van der Waals surface area contributed by atoms with E-state index < -0.39 is 0 Å². The predicted molar refractivity (Wildman–Crippen MR) is 181 cm³/mol. The summed E-state index contributed by atoms with van der Waals surface area (Å²) in [7, 11) is 2.24. The molecule has 41 heavy (non-hydrogen) atoms. The zero-order chi connectivity index (χ0) is 29.6. The number of nitrogens with zero attached hydrogens (tertiary/aromatic N) is 2. The van der Waals surface area contributed by atoms with Crippen LogP contribution in [0.25, 0.3) is 0 Å². The molecule has 0 radical (unpaired) electrons. The third-order valence-electron chi connectivity index (χ3n) is 9.23. The number of carbonyl (C=O) groups is 1. The van der Waals surface area contributed by atoms with Crippen molar-refractivity contribution in [3.05, 3.63) is 0 Å². The summed E-state index contributed by atoms with van der Waals surface area (Å²) in [6, 6.07) is 0. The van der Waals surface area contributed by atoms with Crippen LogP contribution in [-0.2, 0) is 4.79 Å². The molecule has 4 nitrogen and oxygen atoms in total. The molecular formula is C37H74N3O+. The quantitative estimate of drug-likeness (QED) is 0.0658. The van der Waals surface area contributed by atoms with Gasteiger partial charge in [0.15, 0.2) is 0 Å². The average molecular weight is 577 g/mol. The van der Waals surface area contributed by atoms with E-state index in [1.807, 2.05) is 0 Å². The molecule has 0 bridgehead atoms. The summed E-state index contributed by atoms with van der Waals surface area (Å²) in [4.78, 5) is 14.8. The van der Waals surface area contributed by atoms with Gasteiger partial charge in [0.1, 0.15) is 19.6 Å². The summed E-state index contributed by atoms with van der Waals surface area (Å²) in [5.74, 6) is 1.75. The molecule has 0 spiro atoms. The topological polar surface area (TPSA) is 35.4 Å². The van der Waals surface area contributed by atoms with Gasteiger partial charge in [-0.05, 0) is 12.8 Å². The zero-order valence-electron chi connectivity index (χ0n) is 28.4. The van der Waals surface area contributed by atoms with Crippen LogP contribution in [0.15, 0.2) is 0 Å². The molecule has 1 heterocycles. The van der Waals surface area contributed by atoms with Gasteiger partial charge in [-0.1, -0.05) is 168 Å². The Morgan fingerprint density at radius 2 is 1.00 bits per heavy atom. The predicted octanol–water partition coefficient (Wildman–Crippen LogP) is 10.4. The molecule has 1 rings (SSSR count). The number of amidine groups is 1. The number of nitrogens with one attached hydrogen (secondary N) is 1. The lowest BCUT2D eigenvalue weighted by Crippen LogP contribution is -2.37. The van der Waals surface area contributed by atoms with Gasteiger partial charge in [0.2, 0.25) is 11.7 Å². The van der Waals surface area contributed by atoms with Crippen molar-refractivity contribution in [2.45, 2.75) is 194 Å². The molecule has 0 aliphatic carbocycles. The second kappa shape index (κ2) is 29.0. The second-order valence-electron chi connectivity index (χ2n) is 13.2. The number of likely N-dealkylation sites (N-methyl/N-ethyl adjacent to an activating group) is 1. The Hall–Kier alpha value is -1.06. The minimum absolute atomic E-state index is 0.249. The maximum Gasteiger partial charge on any atom is 0.246 e. The number of hydrogen-bond donors (Lipinski definition) is 1. The minimum Gasteiger partial charge on any atom is -0.352 e. The van der Waals surface area contributed by atoms with E-state index in [4.69, 9.17) is 0 Å². The van der Waals surface area contributed by atoms with Crippen LogP contribution >= 0.6 is 0 Å². The smallest absolute Gasteiger partial charge is 0.246 e. The highest BCUT2D eigenvalue weighted by Gasteiger charge is 2.27. The van der Waals surface area contributed by atoms with E-state index in [-0.39, 0.29) is 5.91 Å². The zero-order valence-corrected chi connectivity index (χ0v) is 28.4. The fourth-order valence-corrected chi connectivity index (χ4v) is 6.38. The Labute approximate surface area is 257 Å². The summed E-state index contributed by atoms with van der Waals surface area (Å²) in [6.07, 6.45) is 37.8. The molecule has 1 amide bonds. The van der Waals surface area contributed by atoms with Crippen LogP contribution in [0.4, 0.5) is 0 Å². The number of hydrogen-bond acceptors (Lipinski definition) is 2. The molecule has 0 atom stereocenters. The van der Waals surface area contributed by atoms with Gasteiger partial charge in [0, 0.05) is 12.8 Å². The normalized spacial score (nSPS) is 13.5. The van der Waals surface area contributed by atoms with Crippen LogP contribution in [-0.4, -0.2) is 54.4 Å². The van der Waals surface area contributed by atoms with E-state index >= 15 is 0 Å². The third kappa shape index (κ3) is 23.1. The van der Waals surface area contributed by atoms with Gasteiger partial charge in [-0.15, -0.1) is 0 Å². The van der Waals surface area contributed by atoms with Crippen LogP contribution in [0, 0.1) is 0 Å². The van der Waals surface area contributed by atoms with E-state index in [0.29, 0.717) is 6.42 Å². The molecule has 0 saturated heterocycles. The lowest BCUT2D eigenvalue weighted by atomic mass is 10.0. The van der Waals surface area contributed by atoms with Crippen molar-refractivity contribution in [2.75, 3.05) is 33.2 Å². The third-order valence-corrected chi connectivity index (χ3v) is 9.23. The Bertz CT molecular complexity index is 617. The van der Waals surface area contributed by atoms with Gasteiger partial charge in [-0.25, -0.2) is 0 Å². The minimum atomic E-state index is 0.249. The fraction of sp³-hybridized carbons (Fsp3) is 0.946. The number of amides is 1. The van der Waals surface area contributed by atoms with Crippen molar-refractivity contribution in [3.8, 4) is 0 Å². The second-order valence-corrected chi connectivity index (χ2v) is 13.2. The highest BCUT2D eigenvalue weighted by atomic mass is 16.1. The Kier molecular flexibility index (Phi) is 26.9. The number of unbranched alkanes of at least 4 members (excludes halogenated alkanes) is 24. The fourth-order valence-electron chi connectivity index (χ4n) is 6.38. The maximum absolute atomic E-state index is 12.3. The van der Waals surface area contributed by atoms with E-state index in [1.165, 1.54) is 173 Å². The first-order valence-corrected chi connectivity index (χ1v) is 18.8. The Balaban J connectivity index is 1.93. The van der Waals surface area contributed by atoms with E-state index in [9.17, 15) is 4.79 Å². The van der Waals surface area contributed by atoms with Crippen LogP contribution in [0.3, 0.4) is 0 Å². The van der Waals surface area contributed by atoms with Crippen LogP contribution in [0.5, 0.6) is 0 Å². The first-order valence-electron chi connectivity index (χ1n) is 18.8. The largest absolute Gasteiger partial charge is 0.352 e. The summed E-state index contributed by atoms with van der Waals surface area (Å²) >= 11 is 0. The Morgan fingerprint density at radius 3 is 1.44 bits per heavy atom. The van der Waals surface area contributed by atoms with Gasteiger partial charge in [-0.2, -0.15) is 0 Å². The lowest BCUT2D eigenvalue weighted by Gasteiger charge is -2.14. The highest BCUT2D eigenvalue weighted by Crippen LogP contribution is 2.15. The maximum atomic E-state index is 12.3. The van der Waals surface area contributed by atoms with Gasteiger partial charge < -0.3 is 5.32 Å². The molecule has 0 saturated carbocycles. The molecule has 0 aromatic heterocycles. The standard InChI is InChI=1S/C37H73N3O/c1-4-6-8-10-12-14-16-18-20-22-24-26-28-30-36(41)38-32-33-40-35-34-39(3)37(40)31-29-27-25-23-21-19-17-15-13-11-9-7-5-2/h4-35H2,1-3H3/p+1. The molecule has 4 heteroatoms. The van der Waals surface area contributed by atoms with Crippen molar-refractivity contribution in [3.63, 3.8) is 0 Å². The first-order chi connectivity index (χ1) is 20.2. The molecular weight excluding hydrogens is 502 g/mol. The van der Waals surface area contributed by atoms with Crippen molar-refractivity contribution in [2.24, 2.45) is 0 Å². The van der Waals surface area contributed by atoms with Gasteiger partial charge in [0.25, 0.3) is 0 Å². The van der Waals surface area contributed by atoms with Crippen molar-refractivity contribution >= 4 is 11.7 Å². The molecule has 242 valence electrons. The van der Waals surface area contributed by atoms with Crippen molar-refractivity contribution in [1.29, 1.82) is 0 Å². The van der Waals surface area contributed by atoms with Gasteiger partial charge >= 0.3 is 0 Å². The highest BCUT2D eigenvalue weighted by molar-refractivity contribution is 5.78. The lowest BCUT2D eigenvalue weighted by molar-refractivity contribution is -0.487. The molecule has 1 aliphatic heterocycles. The summed E-state index contributed by atoms with van der Waals surface area (Å²) in [5, 5.41) is 3.19. The molecule has 1 aliphatic rings. The van der Waals surface area contributed by atoms with Crippen LogP contribution in [0.1, 0.15) is 194 Å². The van der Waals surface area contributed by atoms with E-state index in [0.717, 1.165) is 32.6 Å². The Morgan fingerprint density at radius 1 is 0.610 bits per heavy atom. The number of carbonyl (C=O) groups excluding carboxylic acids is 1.